The lowest BCUT2D eigenvalue weighted by Gasteiger charge is -2.25. The minimum absolute atomic E-state index is 0.200. The van der Waals surface area contributed by atoms with Crippen LogP contribution in [-0.2, 0) is 21.3 Å². The molecule has 1 saturated heterocycles. The van der Waals surface area contributed by atoms with Crippen molar-refractivity contribution < 1.29 is 13.2 Å². The maximum Gasteiger partial charge on any atom is 0.244 e. The summed E-state index contributed by atoms with van der Waals surface area (Å²) in [6.45, 7) is 2.19. The molecule has 0 amide bonds. The van der Waals surface area contributed by atoms with Crippen molar-refractivity contribution in [3.63, 3.8) is 0 Å². The number of nitrogens with zero attached hydrogens (tertiary/aromatic N) is 3. The number of morpholine rings is 1. The van der Waals surface area contributed by atoms with Crippen LogP contribution in [0.5, 0.6) is 0 Å². The van der Waals surface area contributed by atoms with Gasteiger partial charge in [0.05, 0.1) is 13.2 Å². The fourth-order valence-electron chi connectivity index (χ4n) is 2.27. The SMILES string of the molecule is O=S(=O)(c1ccc(NCc2cccnc2)nc1)N1CCOCC1. The van der Waals surface area contributed by atoms with E-state index in [1.54, 1.807) is 24.5 Å². The number of ether oxygens (including phenoxy) is 1. The van der Waals surface area contributed by atoms with E-state index in [2.05, 4.69) is 15.3 Å². The van der Waals surface area contributed by atoms with Gasteiger partial charge in [-0.3, -0.25) is 4.98 Å². The molecule has 7 nitrogen and oxygen atoms in total. The molecule has 0 aromatic carbocycles. The normalized spacial score (nSPS) is 16.2. The van der Waals surface area contributed by atoms with Crippen molar-refractivity contribution in [2.45, 2.75) is 11.4 Å². The number of sulfonamides is 1. The van der Waals surface area contributed by atoms with Gasteiger partial charge in [0.15, 0.2) is 0 Å². The first kappa shape index (κ1) is 15.9. The highest BCUT2D eigenvalue weighted by Gasteiger charge is 2.26. The fraction of sp³-hybridized carbons (Fsp3) is 0.333. The van der Waals surface area contributed by atoms with Crippen LogP contribution >= 0.6 is 0 Å². The van der Waals surface area contributed by atoms with Crippen LogP contribution < -0.4 is 5.32 Å². The average molecular weight is 334 g/mol. The zero-order valence-electron chi connectivity index (χ0n) is 12.6. The van der Waals surface area contributed by atoms with Crippen LogP contribution in [-0.4, -0.2) is 49.0 Å². The van der Waals surface area contributed by atoms with E-state index >= 15 is 0 Å². The molecule has 23 heavy (non-hydrogen) atoms. The minimum Gasteiger partial charge on any atom is -0.379 e. The van der Waals surface area contributed by atoms with E-state index in [0.29, 0.717) is 38.7 Å². The number of pyridine rings is 2. The Hall–Kier alpha value is -2.03. The number of anilines is 1. The first-order valence-corrected chi connectivity index (χ1v) is 8.77. The molecule has 0 saturated carbocycles. The largest absolute Gasteiger partial charge is 0.379 e. The molecule has 122 valence electrons. The minimum atomic E-state index is -3.49. The fourth-order valence-corrected chi connectivity index (χ4v) is 3.62. The first-order chi connectivity index (χ1) is 11.2. The quantitative estimate of drug-likeness (QED) is 0.882. The summed E-state index contributed by atoms with van der Waals surface area (Å²) in [5.41, 5.74) is 1.03. The van der Waals surface area contributed by atoms with E-state index in [-0.39, 0.29) is 4.90 Å². The Labute approximate surface area is 135 Å². The van der Waals surface area contributed by atoms with Crippen LogP contribution in [0.2, 0.25) is 0 Å². The highest BCUT2D eigenvalue weighted by atomic mass is 32.2. The van der Waals surface area contributed by atoms with Crippen molar-refractivity contribution in [3.8, 4) is 0 Å². The number of rotatable bonds is 5. The zero-order chi connectivity index (χ0) is 16.1. The van der Waals surface area contributed by atoms with Crippen LogP contribution in [0.4, 0.5) is 5.82 Å². The summed E-state index contributed by atoms with van der Waals surface area (Å²) in [5, 5.41) is 3.14. The summed E-state index contributed by atoms with van der Waals surface area (Å²) in [4.78, 5) is 8.43. The number of aromatic nitrogens is 2. The molecule has 0 radical (unpaired) electrons. The summed E-state index contributed by atoms with van der Waals surface area (Å²) in [5.74, 6) is 0.620. The standard InChI is InChI=1S/C15H18N4O3S/c20-23(21,19-6-8-22-9-7-19)14-3-4-15(18-12-14)17-11-13-2-1-5-16-10-13/h1-5,10,12H,6-9,11H2,(H,17,18). The smallest absolute Gasteiger partial charge is 0.244 e. The van der Waals surface area contributed by atoms with Gasteiger partial charge in [-0.25, -0.2) is 13.4 Å². The molecular weight excluding hydrogens is 316 g/mol. The lowest BCUT2D eigenvalue weighted by Crippen LogP contribution is -2.40. The van der Waals surface area contributed by atoms with Gasteiger partial charge in [0, 0.05) is 38.2 Å². The Morgan fingerprint density at radius 2 is 2.00 bits per heavy atom. The number of nitrogens with one attached hydrogen (secondary N) is 1. The summed E-state index contributed by atoms with van der Waals surface area (Å²) in [7, 11) is -3.49. The first-order valence-electron chi connectivity index (χ1n) is 7.33. The second kappa shape index (κ2) is 7.03. The highest BCUT2D eigenvalue weighted by Crippen LogP contribution is 2.17. The summed E-state index contributed by atoms with van der Waals surface area (Å²) in [6, 6.07) is 7.06. The Morgan fingerprint density at radius 3 is 2.65 bits per heavy atom. The van der Waals surface area contributed by atoms with Gasteiger partial charge in [0.2, 0.25) is 10.0 Å². The molecule has 8 heteroatoms. The summed E-state index contributed by atoms with van der Waals surface area (Å²) >= 11 is 0. The molecule has 1 aliphatic heterocycles. The van der Waals surface area contributed by atoms with Crippen LogP contribution in [0.3, 0.4) is 0 Å². The van der Waals surface area contributed by atoms with Crippen LogP contribution in [0, 0.1) is 0 Å². The predicted octanol–water partition coefficient (Wildman–Crippen LogP) is 1.11. The van der Waals surface area contributed by atoms with Gasteiger partial charge < -0.3 is 10.1 Å². The second-order valence-corrected chi connectivity index (χ2v) is 7.05. The molecule has 0 spiro atoms. The van der Waals surface area contributed by atoms with Crippen molar-refractivity contribution in [3.05, 3.63) is 48.4 Å². The molecule has 1 N–H and O–H groups in total. The van der Waals surface area contributed by atoms with Gasteiger partial charge in [0.25, 0.3) is 0 Å². The Balaban J connectivity index is 1.66. The van der Waals surface area contributed by atoms with E-state index in [1.165, 1.54) is 10.5 Å². The Bertz CT molecular complexity index is 729. The highest BCUT2D eigenvalue weighted by molar-refractivity contribution is 7.89. The Kier molecular flexibility index (Phi) is 4.85. The van der Waals surface area contributed by atoms with Gasteiger partial charge >= 0.3 is 0 Å². The molecule has 2 aromatic rings. The molecular formula is C15H18N4O3S. The zero-order valence-corrected chi connectivity index (χ0v) is 13.4. The van der Waals surface area contributed by atoms with Crippen molar-refractivity contribution >= 4 is 15.8 Å². The van der Waals surface area contributed by atoms with Gasteiger partial charge in [-0.05, 0) is 23.8 Å². The van der Waals surface area contributed by atoms with Crippen LogP contribution in [0.1, 0.15) is 5.56 Å². The topological polar surface area (TPSA) is 84.4 Å². The van der Waals surface area contributed by atoms with Gasteiger partial charge in [-0.1, -0.05) is 6.07 Å². The van der Waals surface area contributed by atoms with Crippen molar-refractivity contribution in [1.82, 2.24) is 14.3 Å². The molecule has 0 aliphatic carbocycles. The third-order valence-electron chi connectivity index (χ3n) is 3.54. The molecule has 0 unspecified atom stereocenters. The monoisotopic (exact) mass is 334 g/mol. The van der Waals surface area contributed by atoms with Crippen molar-refractivity contribution in [2.75, 3.05) is 31.6 Å². The van der Waals surface area contributed by atoms with Crippen LogP contribution in [0.15, 0.2) is 47.8 Å². The summed E-state index contributed by atoms with van der Waals surface area (Å²) < 4.78 is 31.6. The van der Waals surface area contributed by atoms with Gasteiger partial charge in [-0.15, -0.1) is 0 Å². The maximum atomic E-state index is 12.5. The predicted molar refractivity (Wildman–Crippen MR) is 85.4 cm³/mol. The van der Waals surface area contributed by atoms with Crippen molar-refractivity contribution in [1.29, 1.82) is 0 Å². The maximum absolute atomic E-state index is 12.5. The number of hydrogen-bond donors (Lipinski definition) is 1. The van der Waals surface area contributed by atoms with E-state index in [9.17, 15) is 8.42 Å². The van der Waals surface area contributed by atoms with Gasteiger partial charge in [0.1, 0.15) is 10.7 Å². The summed E-state index contributed by atoms with van der Waals surface area (Å²) in [6.07, 6.45) is 4.87. The molecule has 0 bridgehead atoms. The van der Waals surface area contributed by atoms with E-state index in [1.807, 2.05) is 12.1 Å². The molecule has 1 aliphatic rings. The van der Waals surface area contributed by atoms with E-state index < -0.39 is 10.0 Å². The third kappa shape index (κ3) is 3.84. The molecule has 2 aromatic heterocycles. The second-order valence-electron chi connectivity index (χ2n) is 5.11. The molecule has 3 heterocycles. The molecule has 0 atom stereocenters. The van der Waals surface area contributed by atoms with Crippen molar-refractivity contribution in [2.24, 2.45) is 0 Å². The molecule has 3 rings (SSSR count). The van der Waals surface area contributed by atoms with Crippen LogP contribution in [0.25, 0.3) is 0 Å². The average Bonchev–Trinajstić information content (AvgIpc) is 2.62. The van der Waals surface area contributed by atoms with Gasteiger partial charge in [-0.2, -0.15) is 4.31 Å². The Morgan fingerprint density at radius 1 is 1.17 bits per heavy atom. The lowest BCUT2D eigenvalue weighted by molar-refractivity contribution is 0.0730. The van der Waals surface area contributed by atoms with E-state index in [0.717, 1.165) is 5.56 Å². The number of hydrogen-bond acceptors (Lipinski definition) is 6. The molecule has 1 fully saturated rings. The van der Waals surface area contributed by atoms with E-state index in [4.69, 9.17) is 4.74 Å². The third-order valence-corrected chi connectivity index (χ3v) is 5.42. The lowest BCUT2D eigenvalue weighted by atomic mass is 10.3.